The lowest BCUT2D eigenvalue weighted by Crippen LogP contribution is -2.31. The fraction of sp³-hybridized carbons (Fsp3) is 1.00. The Labute approximate surface area is 81.9 Å². The van der Waals surface area contributed by atoms with Crippen LogP contribution >= 0.6 is 12.6 Å². The van der Waals surface area contributed by atoms with Gasteiger partial charge in [-0.1, -0.05) is 13.8 Å². The molecule has 0 aromatic rings. The SMILES string of the molecule is CC1CN(C)C(C)CC(C)(S)C1. The molecule has 1 nitrogen and oxygen atoms in total. The molecule has 72 valence electrons. The van der Waals surface area contributed by atoms with Gasteiger partial charge in [-0.15, -0.1) is 0 Å². The van der Waals surface area contributed by atoms with Crippen molar-refractivity contribution in [3.63, 3.8) is 0 Å². The minimum absolute atomic E-state index is 0.240. The van der Waals surface area contributed by atoms with Crippen molar-refractivity contribution in [3.05, 3.63) is 0 Å². The molecule has 0 aromatic heterocycles. The summed E-state index contributed by atoms with van der Waals surface area (Å²) in [6.45, 7) is 8.11. The van der Waals surface area contributed by atoms with E-state index >= 15 is 0 Å². The van der Waals surface area contributed by atoms with E-state index in [1.54, 1.807) is 0 Å². The van der Waals surface area contributed by atoms with Crippen molar-refractivity contribution in [3.8, 4) is 0 Å². The predicted molar refractivity (Wildman–Crippen MR) is 57.9 cm³/mol. The minimum atomic E-state index is 0.240. The third-order valence-electron chi connectivity index (χ3n) is 2.88. The molecule has 0 aromatic carbocycles. The van der Waals surface area contributed by atoms with Crippen molar-refractivity contribution in [2.24, 2.45) is 5.92 Å². The summed E-state index contributed by atoms with van der Waals surface area (Å²) in [6.07, 6.45) is 2.45. The number of nitrogens with zero attached hydrogens (tertiary/aromatic N) is 1. The van der Waals surface area contributed by atoms with Crippen LogP contribution in [-0.4, -0.2) is 29.3 Å². The van der Waals surface area contributed by atoms with Crippen LogP contribution in [0.15, 0.2) is 0 Å². The molecule has 1 aliphatic rings. The summed E-state index contributed by atoms with van der Waals surface area (Å²) in [4.78, 5) is 2.45. The minimum Gasteiger partial charge on any atom is -0.303 e. The van der Waals surface area contributed by atoms with Crippen LogP contribution < -0.4 is 0 Å². The summed E-state index contributed by atoms with van der Waals surface area (Å²) >= 11 is 4.72. The van der Waals surface area contributed by atoms with E-state index in [0.717, 1.165) is 5.92 Å². The standard InChI is InChI=1S/C10H21NS/c1-8-5-10(3,12)6-9(2)11(4)7-8/h8-9,12H,5-7H2,1-4H3. The summed E-state index contributed by atoms with van der Waals surface area (Å²) in [5.41, 5.74) is 0. The van der Waals surface area contributed by atoms with Gasteiger partial charge in [0.15, 0.2) is 0 Å². The van der Waals surface area contributed by atoms with Crippen molar-refractivity contribution >= 4 is 12.6 Å². The summed E-state index contributed by atoms with van der Waals surface area (Å²) in [5.74, 6) is 0.780. The van der Waals surface area contributed by atoms with Crippen LogP contribution in [0.5, 0.6) is 0 Å². The molecule has 0 amide bonds. The molecule has 0 N–H and O–H groups in total. The first-order chi connectivity index (χ1) is 5.41. The van der Waals surface area contributed by atoms with E-state index < -0.39 is 0 Å². The maximum Gasteiger partial charge on any atom is 0.0119 e. The van der Waals surface area contributed by atoms with E-state index in [1.165, 1.54) is 19.4 Å². The number of hydrogen-bond acceptors (Lipinski definition) is 2. The van der Waals surface area contributed by atoms with Crippen LogP contribution in [0.1, 0.15) is 33.6 Å². The van der Waals surface area contributed by atoms with Gasteiger partial charge in [0.1, 0.15) is 0 Å². The molecule has 3 unspecified atom stereocenters. The zero-order valence-corrected chi connectivity index (χ0v) is 9.56. The lowest BCUT2D eigenvalue weighted by atomic mass is 9.94. The molecule has 1 aliphatic heterocycles. The third kappa shape index (κ3) is 2.67. The Bertz CT molecular complexity index is 156. The highest BCUT2D eigenvalue weighted by Crippen LogP contribution is 2.33. The highest BCUT2D eigenvalue weighted by atomic mass is 32.1. The zero-order valence-electron chi connectivity index (χ0n) is 8.67. The van der Waals surface area contributed by atoms with Crippen molar-refractivity contribution in [2.75, 3.05) is 13.6 Å². The van der Waals surface area contributed by atoms with Crippen LogP contribution in [0.25, 0.3) is 0 Å². The molecule has 3 atom stereocenters. The van der Waals surface area contributed by atoms with Crippen LogP contribution in [0.2, 0.25) is 0 Å². The molecule has 0 bridgehead atoms. The number of thiol groups is 1. The Morgan fingerprint density at radius 2 is 1.92 bits per heavy atom. The third-order valence-corrected chi connectivity index (χ3v) is 3.24. The number of likely N-dealkylation sites (tertiary alicyclic amines) is 1. The average molecular weight is 187 g/mol. The van der Waals surface area contributed by atoms with Crippen molar-refractivity contribution in [1.82, 2.24) is 4.90 Å². The van der Waals surface area contributed by atoms with Crippen molar-refractivity contribution < 1.29 is 0 Å². The van der Waals surface area contributed by atoms with Gasteiger partial charge in [-0.25, -0.2) is 0 Å². The Kier molecular flexibility index (Phi) is 3.11. The van der Waals surface area contributed by atoms with Crippen molar-refractivity contribution in [2.45, 2.75) is 44.4 Å². The van der Waals surface area contributed by atoms with Gasteiger partial charge >= 0.3 is 0 Å². The predicted octanol–water partition coefficient (Wildman–Crippen LogP) is 2.43. The lowest BCUT2D eigenvalue weighted by molar-refractivity contribution is 0.240. The van der Waals surface area contributed by atoms with E-state index in [2.05, 4.69) is 32.7 Å². The first kappa shape index (κ1) is 10.4. The van der Waals surface area contributed by atoms with Crippen LogP contribution in [0.4, 0.5) is 0 Å². The molecule has 0 spiro atoms. The van der Waals surface area contributed by atoms with Gasteiger partial charge in [0.25, 0.3) is 0 Å². The summed E-state index contributed by atoms with van der Waals surface area (Å²) in [7, 11) is 2.22. The van der Waals surface area contributed by atoms with E-state index in [4.69, 9.17) is 12.6 Å². The first-order valence-electron chi connectivity index (χ1n) is 4.83. The molecule has 1 rings (SSSR count). The maximum absolute atomic E-state index is 4.72. The smallest absolute Gasteiger partial charge is 0.0119 e. The second-order valence-electron chi connectivity index (χ2n) is 4.80. The molecule has 12 heavy (non-hydrogen) atoms. The maximum atomic E-state index is 4.72. The molecular formula is C10H21NS. The van der Waals surface area contributed by atoms with Crippen LogP contribution in [0, 0.1) is 5.92 Å². The van der Waals surface area contributed by atoms with Gasteiger partial charge in [0, 0.05) is 17.3 Å². The normalized spacial score (nSPS) is 45.8. The molecular weight excluding hydrogens is 166 g/mol. The van der Waals surface area contributed by atoms with Crippen LogP contribution in [0.3, 0.4) is 0 Å². The Balaban J connectivity index is 2.66. The first-order valence-corrected chi connectivity index (χ1v) is 5.28. The van der Waals surface area contributed by atoms with E-state index in [1.807, 2.05) is 0 Å². The van der Waals surface area contributed by atoms with Gasteiger partial charge in [-0.2, -0.15) is 12.6 Å². The Morgan fingerprint density at radius 1 is 1.33 bits per heavy atom. The fourth-order valence-electron chi connectivity index (χ4n) is 2.36. The Hall–Kier alpha value is 0.310. The summed E-state index contributed by atoms with van der Waals surface area (Å²) in [6, 6.07) is 0.678. The van der Waals surface area contributed by atoms with Gasteiger partial charge < -0.3 is 4.90 Å². The highest BCUT2D eigenvalue weighted by molar-refractivity contribution is 7.81. The topological polar surface area (TPSA) is 3.24 Å². The number of rotatable bonds is 0. The van der Waals surface area contributed by atoms with Gasteiger partial charge in [-0.05, 0) is 32.7 Å². The monoisotopic (exact) mass is 187 g/mol. The lowest BCUT2D eigenvalue weighted by Gasteiger charge is -2.26. The Morgan fingerprint density at radius 3 is 2.50 bits per heavy atom. The quantitative estimate of drug-likeness (QED) is 0.570. The van der Waals surface area contributed by atoms with E-state index in [9.17, 15) is 0 Å². The summed E-state index contributed by atoms with van der Waals surface area (Å²) < 4.78 is 0.240. The highest BCUT2D eigenvalue weighted by Gasteiger charge is 2.30. The van der Waals surface area contributed by atoms with Gasteiger partial charge in [-0.3, -0.25) is 0 Å². The molecule has 1 heterocycles. The fourth-order valence-corrected chi connectivity index (χ4v) is 2.94. The molecule has 0 saturated carbocycles. The van der Waals surface area contributed by atoms with E-state index in [-0.39, 0.29) is 4.75 Å². The summed E-state index contributed by atoms with van der Waals surface area (Å²) in [5, 5.41) is 0. The zero-order chi connectivity index (χ0) is 9.35. The second kappa shape index (κ2) is 3.59. The van der Waals surface area contributed by atoms with Gasteiger partial charge in [0.2, 0.25) is 0 Å². The molecule has 0 aliphatic carbocycles. The number of hydrogen-bond donors (Lipinski definition) is 1. The second-order valence-corrected chi connectivity index (χ2v) is 5.88. The van der Waals surface area contributed by atoms with Crippen LogP contribution in [-0.2, 0) is 0 Å². The average Bonchev–Trinajstić information content (AvgIpc) is 1.89. The van der Waals surface area contributed by atoms with Crippen molar-refractivity contribution in [1.29, 1.82) is 0 Å². The molecule has 1 saturated heterocycles. The van der Waals surface area contributed by atoms with Gasteiger partial charge in [0.05, 0.1) is 0 Å². The molecule has 2 heteroatoms. The molecule has 1 fully saturated rings. The molecule has 0 radical (unpaired) electrons. The largest absolute Gasteiger partial charge is 0.303 e. The van der Waals surface area contributed by atoms with E-state index in [0.29, 0.717) is 6.04 Å².